The second kappa shape index (κ2) is 12.4. The summed E-state index contributed by atoms with van der Waals surface area (Å²) >= 11 is 0. The topological polar surface area (TPSA) is 250 Å². The number of Topliss-reactive ketones (excluding diaryl/α,β-unsaturated/α-hetero) is 4. The van der Waals surface area contributed by atoms with Gasteiger partial charge in [-0.25, -0.2) is 0 Å². The molecule has 272 valence electrons. The summed E-state index contributed by atoms with van der Waals surface area (Å²) in [5.41, 5.74) is -9.81. The Morgan fingerprint density at radius 3 is 2.29 bits per heavy atom. The van der Waals surface area contributed by atoms with E-state index in [2.05, 4.69) is 4.99 Å². The fraction of sp³-hybridized carbons (Fsp3) is 0.486. The summed E-state index contributed by atoms with van der Waals surface area (Å²) in [7, 11) is 5.10. The Balaban J connectivity index is 1.55. The summed E-state index contributed by atoms with van der Waals surface area (Å²) in [5.74, 6) is -8.23. The van der Waals surface area contributed by atoms with Crippen LogP contribution >= 0.6 is 0 Å². The van der Waals surface area contributed by atoms with Crippen molar-refractivity contribution in [3.63, 3.8) is 0 Å². The van der Waals surface area contributed by atoms with Gasteiger partial charge in [-0.1, -0.05) is 6.07 Å². The van der Waals surface area contributed by atoms with Crippen molar-refractivity contribution < 1.29 is 68.8 Å². The maximum absolute atomic E-state index is 14.7. The summed E-state index contributed by atoms with van der Waals surface area (Å²) in [6.07, 6.45) is -7.22. The van der Waals surface area contributed by atoms with Gasteiger partial charge in [0, 0.05) is 51.4 Å². The number of carbonyl (C=O) groups is 5. The Morgan fingerprint density at radius 1 is 1.04 bits per heavy atom. The fourth-order valence-electron chi connectivity index (χ4n) is 8.08. The van der Waals surface area contributed by atoms with E-state index in [1.807, 2.05) is 0 Å². The Hall–Kier alpha value is -4.42. The van der Waals surface area contributed by atoms with Crippen molar-refractivity contribution >= 4 is 34.8 Å². The van der Waals surface area contributed by atoms with Crippen LogP contribution in [0.4, 0.5) is 0 Å². The van der Waals surface area contributed by atoms with Crippen molar-refractivity contribution in [1.82, 2.24) is 4.90 Å². The molecule has 2 aromatic carbocycles. The minimum absolute atomic E-state index is 0.0217. The SMILES string of the molecule is CO[C@@H]1[C@@H](O)[C@@H](CO)[C@@H](N=C2CC(=O)c3c(cc4c(c3O)C(=O)[C@]3(OC)[C@H](O)Cc5cc(C)c(C(=O)N(C)C)c(O)c5[C@]3(O)C4=O)C2=O)O[C@H]1C. The van der Waals surface area contributed by atoms with E-state index in [0.29, 0.717) is 0 Å². The average molecular weight is 711 g/mol. The summed E-state index contributed by atoms with van der Waals surface area (Å²) < 4.78 is 16.6. The summed E-state index contributed by atoms with van der Waals surface area (Å²) in [6, 6.07) is 2.23. The number of phenols is 2. The zero-order valence-corrected chi connectivity index (χ0v) is 28.6. The van der Waals surface area contributed by atoms with Crippen molar-refractivity contribution in [1.29, 1.82) is 0 Å². The lowest BCUT2D eigenvalue weighted by Crippen LogP contribution is -2.73. The van der Waals surface area contributed by atoms with Crippen LogP contribution in [0.1, 0.15) is 81.8 Å². The van der Waals surface area contributed by atoms with Crippen molar-refractivity contribution in [2.75, 3.05) is 34.9 Å². The molecule has 0 unspecified atom stereocenters. The monoisotopic (exact) mass is 710 g/mol. The van der Waals surface area contributed by atoms with Gasteiger partial charge in [-0.15, -0.1) is 0 Å². The maximum Gasteiger partial charge on any atom is 0.257 e. The number of ether oxygens (including phenoxy) is 3. The minimum atomic E-state index is -3.22. The second-order valence-electron chi connectivity index (χ2n) is 13.5. The first-order valence-electron chi connectivity index (χ1n) is 16.1. The van der Waals surface area contributed by atoms with Crippen molar-refractivity contribution in [3.05, 3.63) is 56.6 Å². The van der Waals surface area contributed by atoms with Crippen molar-refractivity contribution in [2.45, 2.75) is 68.5 Å². The number of phenolic OH excluding ortho intramolecular Hbond substituents is 2. The minimum Gasteiger partial charge on any atom is -0.507 e. The molecule has 6 rings (SSSR count). The summed E-state index contributed by atoms with van der Waals surface area (Å²) in [5, 5.41) is 67.9. The number of aliphatic imine (C=N–C) groups is 1. The molecule has 16 heteroatoms. The zero-order chi connectivity index (χ0) is 37.6. The Labute approximate surface area is 290 Å². The molecular formula is C35H38N2O14. The van der Waals surface area contributed by atoms with Crippen molar-refractivity contribution in [3.8, 4) is 11.5 Å². The number of hydrogen-bond acceptors (Lipinski definition) is 15. The number of carbonyl (C=O) groups excluding carboxylic acids is 5. The molecule has 8 atom stereocenters. The molecule has 6 N–H and O–H groups in total. The van der Waals surface area contributed by atoms with Gasteiger partial charge in [0.2, 0.25) is 17.3 Å². The highest BCUT2D eigenvalue weighted by atomic mass is 16.6. The van der Waals surface area contributed by atoms with Crippen molar-refractivity contribution in [2.24, 2.45) is 10.9 Å². The quantitative estimate of drug-likeness (QED) is 0.232. The lowest BCUT2D eigenvalue weighted by molar-refractivity contribution is -0.206. The standard InChI is InChI=1S/C35H38N2O14/c1-12-7-14-8-20(40)35(50-6)31(46)23-16(30(45)34(35,48)24(14)28(44)21(12)33(47)37(3)4)9-15-22(27(23)43)19(39)10-18(25(15)41)36-32-17(11-38)26(42)29(49-5)13(2)51-32/h7,9,13,17,20,26,29,32,38,40,42-44,48H,8,10-11H2,1-6H3/t13-,17+,20+,26-,29-,32-,34-,35+/m0/s1. The highest BCUT2D eigenvalue weighted by Crippen LogP contribution is 2.56. The summed E-state index contributed by atoms with van der Waals surface area (Å²) in [4.78, 5) is 75.2. The molecule has 0 saturated carbocycles. The van der Waals surface area contributed by atoms with Gasteiger partial charge >= 0.3 is 0 Å². The van der Waals surface area contributed by atoms with E-state index in [1.165, 1.54) is 34.2 Å². The van der Waals surface area contributed by atoms with Crippen LogP contribution in [0, 0.1) is 12.8 Å². The molecule has 1 heterocycles. The molecule has 1 fully saturated rings. The van der Waals surface area contributed by atoms with Crippen LogP contribution in [0.3, 0.4) is 0 Å². The molecule has 3 aliphatic carbocycles. The molecule has 0 radical (unpaired) electrons. The first-order valence-corrected chi connectivity index (χ1v) is 16.1. The third-order valence-electron chi connectivity index (χ3n) is 10.6. The molecule has 0 bridgehead atoms. The Bertz CT molecular complexity index is 1950. The van der Waals surface area contributed by atoms with E-state index in [1.54, 1.807) is 6.92 Å². The van der Waals surface area contributed by atoms with Gasteiger partial charge in [-0.2, -0.15) is 0 Å². The Morgan fingerprint density at radius 2 is 1.71 bits per heavy atom. The van der Waals surface area contributed by atoms with E-state index >= 15 is 0 Å². The van der Waals surface area contributed by atoms with E-state index in [9.17, 15) is 54.6 Å². The number of rotatable bonds is 5. The van der Waals surface area contributed by atoms with E-state index in [4.69, 9.17) is 14.2 Å². The molecular weight excluding hydrogens is 672 g/mol. The van der Waals surface area contributed by atoms with Gasteiger partial charge in [0.1, 0.15) is 17.6 Å². The number of aliphatic hydroxyl groups excluding tert-OH is 3. The molecule has 1 aliphatic heterocycles. The highest BCUT2D eigenvalue weighted by molar-refractivity contribution is 6.53. The lowest BCUT2D eigenvalue weighted by Gasteiger charge is -2.53. The first kappa shape index (κ1) is 36.4. The molecule has 2 aromatic rings. The highest BCUT2D eigenvalue weighted by Gasteiger charge is 2.72. The molecule has 1 amide bonds. The third-order valence-corrected chi connectivity index (χ3v) is 10.6. The molecule has 0 spiro atoms. The van der Waals surface area contributed by atoms with Crippen LogP contribution in [0.5, 0.6) is 11.5 Å². The molecule has 1 saturated heterocycles. The van der Waals surface area contributed by atoms with Crippen LogP contribution in [0.15, 0.2) is 17.1 Å². The number of aliphatic hydroxyl groups is 4. The smallest absolute Gasteiger partial charge is 0.257 e. The van der Waals surface area contributed by atoms with E-state index in [0.717, 1.165) is 18.1 Å². The zero-order valence-electron chi connectivity index (χ0n) is 28.6. The van der Waals surface area contributed by atoms with Crippen LogP contribution in [0.2, 0.25) is 0 Å². The maximum atomic E-state index is 14.7. The number of methoxy groups -OCH3 is 2. The third kappa shape index (κ3) is 4.71. The fourth-order valence-corrected chi connectivity index (χ4v) is 8.08. The lowest BCUT2D eigenvalue weighted by atomic mass is 9.56. The number of hydrogen-bond donors (Lipinski definition) is 6. The first-order chi connectivity index (χ1) is 23.9. The summed E-state index contributed by atoms with van der Waals surface area (Å²) in [6.45, 7) is 2.46. The van der Waals surface area contributed by atoms with E-state index in [-0.39, 0.29) is 16.7 Å². The number of amides is 1. The second-order valence-corrected chi connectivity index (χ2v) is 13.5. The van der Waals surface area contributed by atoms with Crippen LogP contribution in [-0.2, 0) is 26.2 Å². The van der Waals surface area contributed by atoms with Gasteiger partial charge in [0.25, 0.3) is 5.91 Å². The average Bonchev–Trinajstić information content (AvgIpc) is 3.05. The molecule has 51 heavy (non-hydrogen) atoms. The number of nitrogens with zero attached hydrogens (tertiary/aromatic N) is 2. The largest absolute Gasteiger partial charge is 0.507 e. The molecule has 0 aromatic heterocycles. The van der Waals surface area contributed by atoms with E-state index < -0.39 is 141 Å². The van der Waals surface area contributed by atoms with Gasteiger partial charge in [-0.3, -0.25) is 29.0 Å². The number of benzene rings is 2. The van der Waals surface area contributed by atoms with Crippen LogP contribution < -0.4 is 0 Å². The number of aromatic hydroxyl groups is 2. The van der Waals surface area contributed by atoms with Gasteiger partial charge in [-0.05, 0) is 31.0 Å². The molecule has 4 aliphatic rings. The van der Waals surface area contributed by atoms with Crippen LogP contribution in [0.25, 0.3) is 0 Å². The molecule has 16 nitrogen and oxygen atoms in total. The number of fused-ring (bicyclic) bond motifs is 5. The number of aryl methyl sites for hydroxylation is 1. The normalized spacial score (nSPS) is 32.3. The number of ketones is 4. The Kier molecular flexibility index (Phi) is 8.82. The van der Waals surface area contributed by atoms with Gasteiger partial charge in [0.05, 0.1) is 59.7 Å². The predicted octanol–water partition coefficient (Wildman–Crippen LogP) is -0.384. The van der Waals surface area contributed by atoms with Gasteiger partial charge in [0.15, 0.2) is 23.2 Å². The predicted molar refractivity (Wildman–Crippen MR) is 173 cm³/mol. The van der Waals surface area contributed by atoms with Gasteiger partial charge < -0.3 is 49.7 Å². The van der Waals surface area contributed by atoms with Crippen LogP contribution in [-0.4, -0.2) is 141 Å².